The second-order valence-electron chi connectivity index (χ2n) is 7.58. The minimum absolute atomic E-state index is 0.293. The largest absolute Gasteiger partial charge is 0.508 e. The minimum atomic E-state index is -0.343. The number of carbonyl (C=O) groups excluding carboxylic acids is 1. The first-order valence-electron chi connectivity index (χ1n) is 9.86. The van der Waals surface area contributed by atoms with E-state index < -0.39 is 0 Å². The van der Waals surface area contributed by atoms with E-state index in [4.69, 9.17) is 9.15 Å². The molecule has 3 rings (SSSR count). The lowest BCUT2D eigenvalue weighted by Crippen LogP contribution is -2.00. The van der Waals surface area contributed by atoms with Gasteiger partial charge in [-0.15, -0.1) is 0 Å². The monoisotopic (exact) mass is 380 g/mol. The number of methoxy groups -OCH3 is 1. The summed E-state index contributed by atoms with van der Waals surface area (Å²) in [6.07, 6.45) is 2.85. The quantitative estimate of drug-likeness (QED) is 0.498. The van der Waals surface area contributed by atoms with Gasteiger partial charge in [0.2, 0.25) is 0 Å². The molecule has 0 aliphatic carbocycles. The Bertz CT molecular complexity index is 968. The molecule has 148 valence electrons. The molecule has 0 radical (unpaired) electrons. The van der Waals surface area contributed by atoms with Crippen molar-refractivity contribution in [2.75, 3.05) is 7.11 Å². The van der Waals surface area contributed by atoms with Crippen LogP contribution in [0, 0.1) is 0 Å². The SMILES string of the molecule is CCC(CCc1ccc(O)c(C(C)C)c1)c1cc2cc(C(=O)OC)ccc2o1. The zero-order valence-corrected chi connectivity index (χ0v) is 17.0. The molecule has 3 aromatic rings. The highest BCUT2D eigenvalue weighted by atomic mass is 16.5. The number of aryl methyl sites for hydroxylation is 1. The molecular formula is C24H28O4. The van der Waals surface area contributed by atoms with Gasteiger partial charge in [-0.2, -0.15) is 0 Å². The molecule has 0 aliphatic rings. The van der Waals surface area contributed by atoms with E-state index in [1.54, 1.807) is 12.1 Å². The van der Waals surface area contributed by atoms with Crippen molar-refractivity contribution in [1.82, 2.24) is 0 Å². The first kappa shape index (κ1) is 20.0. The van der Waals surface area contributed by atoms with E-state index in [2.05, 4.69) is 26.8 Å². The molecule has 4 heteroatoms. The maximum Gasteiger partial charge on any atom is 0.337 e. The van der Waals surface area contributed by atoms with Crippen LogP contribution in [-0.2, 0) is 11.2 Å². The van der Waals surface area contributed by atoms with Crippen LogP contribution in [0.15, 0.2) is 46.9 Å². The number of aromatic hydroxyl groups is 1. The van der Waals surface area contributed by atoms with Gasteiger partial charge in [0, 0.05) is 11.3 Å². The van der Waals surface area contributed by atoms with E-state index in [0.29, 0.717) is 23.1 Å². The van der Waals surface area contributed by atoms with E-state index in [1.807, 2.05) is 24.3 Å². The van der Waals surface area contributed by atoms with Gasteiger partial charge in [-0.25, -0.2) is 4.79 Å². The summed E-state index contributed by atoms with van der Waals surface area (Å²) in [6, 6.07) is 13.3. The molecule has 1 unspecified atom stereocenters. The summed E-state index contributed by atoms with van der Waals surface area (Å²) < 4.78 is 10.9. The van der Waals surface area contributed by atoms with Gasteiger partial charge in [0.25, 0.3) is 0 Å². The van der Waals surface area contributed by atoms with Gasteiger partial charge in [-0.1, -0.05) is 32.9 Å². The second kappa shape index (κ2) is 8.51. The minimum Gasteiger partial charge on any atom is -0.508 e. The Morgan fingerprint density at radius 2 is 1.93 bits per heavy atom. The summed E-state index contributed by atoms with van der Waals surface area (Å²) in [7, 11) is 1.38. The van der Waals surface area contributed by atoms with Gasteiger partial charge in [0.05, 0.1) is 12.7 Å². The lowest BCUT2D eigenvalue weighted by Gasteiger charge is -2.14. The maximum atomic E-state index is 11.7. The van der Waals surface area contributed by atoms with Crippen LogP contribution in [-0.4, -0.2) is 18.2 Å². The van der Waals surface area contributed by atoms with Gasteiger partial charge >= 0.3 is 5.97 Å². The number of carbonyl (C=O) groups is 1. The fourth-order valence-corrected chi connectivity index (χ4v) is 3.62. The van der Waals surface area contributed by atoms with Crippen molar-refractivity contribution in [1.29, 1.82) is 0 Å². The van der Waals surface area contributed by atoms with Crippen molar-refractivity contribution in [2.45, 2.75) is 51.9 Å². The predicted molar refractivity (Wildman–Crippen MR) is 111 cm³/mol. The molecule has 0 fully saturated rings. The Hall–Kier alpha value is -2.75. The number of phenols is 1. The summed E-state index contributed by atoms with van der Waals surface area (Å²) in [5, 5.41) is 10.9. The number of benzene rings is 2. The number of hydrogen-bond acceptors (Lipinski definition) is 4. The van der Waals surface area contributed by atoms with Crippen LogP contribution >= 0.6 is 0 Å². The molecule has 0 saturated heterocycles. The number of rotatable bonds is 7. The summed E-state index contributed by atoms with van der Waals surface area (Å²) in [5.74, 6) is 1.56. The average molecular weight is 380 g/mol. The molecule has 1 atom stereocenters. The van der Waals surface area contributed by atoms with Crippen LogP contribution in [0.25, 0.3) is 11.0 Å². The van der Waals surface area contributed by atoms with E-state index in [1.165, 1.54) is 12.7 Å². The molecule has 2 aromatic carbocycles. The lowest BCUT2D eigenvalue weighted by atomic mass is 9.92. The fourth-order valence-electron chi connectivity index (χ4n) is 3.62. The Labute approximate surface area is 166 Å². The Kier molecular flexibility index (Phi) is 6.08. The van der Waals surface area contributed by atoms with Crippen LogP contribution in [0.3, 0.4) is 0 Å². The van der Waals surface area contributed by atoms with Gasteiger partial charge in [-0.3, -0.25) is 0 Å². The van der Waals surface area contributed by atoms with E-state index in [-0.39, 0.29) is 5.97 Å². The Morgan fingerprint density at radius 1 is 1.14 bits per heavy atom. The molecule has 0 aliphatic heterocycles. The smallest absolute Gasteiger partial charge is 0.337 e. The summed E-state index contributed by atoms with van der Waals surface area (Å²) in [6.45, 7) is 6.34. The van der Waals surface area contributed by atoms with Crippen LogP contribution < -0.4 is 0 Å². The van der Waals surface area contributed by atoms with Crippen LogP contribution in [0.2, 0.25) is 0 Å². The number of esters is 1. The summed E-state index contributed by atoms with van der Waals surface area (Å²) >= 11 is 0. The number of furan rings is 1. The molecular weight excluding hydrogens is 352 g/mol. The summed E-state index contributed by atoms with van der Waals surface area (Å²) in [5.41, 5.74) is 3.53. The zero-order chi connectivity index (χ0) is 20.3. The molecule has 0 saturated carbocycles. The number of hydrogen-bond donors (Lipinski definition) is 1. The van der Waals surface area contributed by atoms with E-state index in [9.17, 15) is 9.90 Å². The molecule has 0 amide bonds. The highest BCUT2D eigenvalue weighted by Gasteiger charge is 2.17. The van der Waals surface area contributed by atoms with Crippen molar-refractivity contribution < 1.29 is 19.1 Å². The second-order valence-corrected chi connectivity index (χ2v) is 7.58. The topological polar surface area (TPSA) is 59.7 Å². The van der Waals surface area contributed by atoms with Crippen molar-refractivity contribution in [3.05, 3.63) is 64.9 Å². The molecule has 0 spiro atoms. The number of ether oxygens (including phenoxy) is 1. The van der Waals surface area contributed by atoms with Crippen molar-refractivity contribution in [3.63, 3.8) is 0 Å². The molecule has 28 heavy (non-hydrogen) atoms. The maximum absolute atomic E-state index is 11.7. The standard InChI is InChI=1S/C24H28O4/c1-5-17(8-6-16-7-10-21(25)20(12-16)15(2)3)23-14-19-13-18(24(26)27-4)9-11-22(19)28-23/h7,9-15,17,25H,5-6,8H2,1-4H3. The van der Waals surface area contributed by atoms with Gasteiger partial charge in [-0.05, 0) is 66.6 Å². The van der Waals surface area contributed by atoms with Crippen molar-refractivity contribution >= 4 is 16.9 Å². The van der Waals surface area contributed by atoms with Crippen LogP contribution in [0.5, 0.6) is 5.75 Å². The van der Waals surface area contributed by atoms with Crippen molar-refractivity contribution in [3.8, 4) is 5.75 Å². The Balaban J connectivity index is 1.78. The first-order valence-corrected chi connectivity index (χ1v) is 9.86. The van der Waals surface area contributed by atoms with Crippen molar-refractivity contribution in [2.24, 2.45) is 0 Å². The van der Waals surface area contributed by atoms with Gasteiger partial charge in [0.1, 0.15) is 17.1 Å². The normalized spacial score (nSPS) is 12.5. The molecule has 4 nitrogen and oxygen atoms in total. The Morgan fingerprint density at radius 3 is 2.61 bits per heavy atom. The fraction of sp³-hybridized carbons (Fsp3) is 0.375. The van der Waals surface area contributed by atoms with Crippen LogP contribution in [0.4, 0.5) is 0 Å². The highest BCUT2D eigenvalue weighted by Crippen LogP contribution is 2.32. The van der Waals surface area contributed by atoms with Crippen LogP contribution in [0.1, 0.15) is 72.7 Å². The third-order valence-electron chi connectivity index (χ3n) is 5.35. The number of fused-ring (bicyclic) bond motifs is 1. The van der Waals surface area contributed by atoms with E-state index in [0.717, 1.165) is 41.6 Å². The molecule has 0 bridgehead atoms. The molecule has 1 heterocycles. The molecule has 1 N–H and O–H groups in total. The third-order valence-corrected chi connectivity index (χ3v) is 5.35. The highest BCUT2D eigenvalue weighted by molar-refractivity contribution is 5.94. The summed E-state index contributed by atoms with van der Waals surface area (Å²) in [4.78, 5) is 11.7. The lowest BCUT2D eigenvalue weighted by molar-refractivity contribution is 0.0601. The van der Waals surface area contributed by atoms with E-state index >= 15 is 0 Å². The van der Waals surface area contributed by atoms with Gasteiger partial charge in [0.15, 0.2) is 0 Å². The third kappa shape index (κ3) is 4.22. The van der Waals surface area contributed by atoms with Gasteiger partial charge < -0.3 is 14.3 Å². The predicted octanol–water partition coefficient (Wildman–Crippen LogP) is 6.17. The molecule has 1 aromatic heterocycles. The average Bonchev–Trinajstić information content (AvgIpc) is 3.11. The zero-order valence-electron chi connectivity index (χ0n) is 17.0. The first-order chi connectivity index (χ1) is 13.4. The number of phenolic OH excluding ortho intramolecular Hbond substituents is 1.